The van der Waals surface area contributed by atoms with Crippen molar-refractivity contribution < 1.29 is 8.78 Å². The molecule has 0 bridgehead atoms. The zero-order chi connectivity index (χ0) is 11.5. The molecule has 1 aromatic heterocycles. The summed E-state index contributed by atoms with van der Waals surface area (Å²) in [6.45, 7) is 0.337. The molecule has 0 fully saturated rings. The summed E-state index contributed by atoms with van der Waals surface area (Å²) in [6, 6.07) is 3.27. The lowest BCUT2D eigenvalue weighted by Gasteiger charge is -2.07. The van der Waals surface area contributed by atoms with Gasteiger partial charge >= 0.3 is 0 Å². The summed E-state index contributed by atoms with van der Waals surface area (Å²) in [5.41, 5.74) is 0.907. The third kappa shape index (κ3) is 2.16. The second kappa shape index (κ2) is 4.26. The maximum Gasteiger partial charge on any atom is 0.146 e. The van der Waals surface area contributed by atoms with Gasteiger partial charge in [0.25, 0.3) is 0 Å². The van der Waals surface area contributed by atoms with E-state index in [-0.39, 0.29) is 5.69 Å². The number of hydrogen-bond donors (Lipinski definition) is 1. The maximum absolute atomic E-state index is 13.2. The van der Waals surface area contributed by atoms with Crippen molar-refractivity contribution in [1.82, 2.24) is 15.0 Å². The van der Waals surface area contributed by atoms with Gasteiger partial charge < -0.3 is 5.32 Å². The molecule has 0 unspecified atom stereocenters. The van der Waals surface area contributed by atoms with Gasteiger partial charge in [0.1, 0.15) is 11.6 Å². The van der Waals surface area contributed by atoms with E-state index in [0.717, 1.165) is 23.9 Å². The van der Waals surface area contributed by atoms with Crippen LogP contribution in [0.15, 0.2) is 24.4 Å². The molecule has 2 aromatic rings. The summed E-state index contributed by atoms with van der Waals surface area (Å²) in [6.07, 6.45) is 1.56. The molecule has 84 valence electrons. The largest absolute Gasteiger partial charge is 0.377 e. The molecule has 0 spiro atoms. The summed E-state index contributed by atoms with van der Waals surface area (Å²) >= 11 is 0. The van der Waals surface area contributed by atoms with Crippen LogP contribution in [0.4, 0.5) is 14.5 Å². The first-order valence-electron chi connectivity index (χ1n) is 4.69. The molecule has 0 aliphatic carbocycles. The lowest BCUT2D eigenvalue weighted by atomic mass is 10.3. The lowest BCUT2D eigenvalue weighted by molar-refractivity contribution is 0.601. The number of nitrogens with one attached hydrogen (secondary N) is 1. The molecular weight excluding hydrogens is 214 g/mol. The molecule has 0 radical (unpaired) electrons. The Morgan fingerprint density at radius 2 is 2.19 bits per heavy atom. The van der Waals surface area contributed by atoms with Crippen molar-refractivity contribution in [2.75, 3.05) is 5.32 Å². The molecule has 6 heteroatoms. The van der Waals surface area contributed by atoms with Crippen molar-refractivity contribution in [3.63, 3.8) is 0 Å². The second-order valence-corrected chi connectivity index (χ2v) is 3.33. The predicted octanol–water partition coefficient (Wildman–Crippen LogP) is 1.71. The molecule has 0 saturated carbocycles. The van der Waals surface area contributed by atoms with Crippen LogP contribution in [0.1, 0.15) is 5.69 Å². The highest BCUT2D eigenvalue weighted by Gasteiger charge is 2.05. The van der Waals surface area contributed by atoms with Crippen molar-refractivity contribution in [2.45, 2.75) is 6.54 Å². The topological polar surface area (TPSA) is 42.7 Å². The van der Waals surface area contributed by atoms with Crippen LogP contribution < -0.4 is 5.32 Å². The van der Waals surface area contributed by atoms with Crippen molar-refractivity contribution >= 4 is 5.69 Å². The van der Waals surface area contributed by atoms with Crippen molar-refractivity contribution in [3.05, 3.63) is 41.7 Å². The van der Waals surface area contributed by atoms with Crippen LogP contribution in [0.25, 0.3) is 0 Å². The fraction of sp³-hybridized carbons (Fsp3) is 0.200. The Morgan fingerprint density at radius 1 is 1.38 bits per heavy atom. The Balaban J connectivity index is 2.10. The van der Waals surface area contributed by atoms with E-state index in [4.69, 9.17) is 0 Å². The molecule has 4 nitrogen and oxygen atoms in total. The van der Waals surface area contributed by atoms with Gasteiger partial charge in [-0.1, -0.05) is 5.21 Å². The predicted molar refractivity (Wildman–Crippen MR) is 54.7 cm³/mol. The molecule has 0 saturated heterocycles. The third-order valence-electron chi connectivity index (χ3n) is 2.20. The molecule has 1 N–H and O–H groups in total. The van der Waals surface area contributed by atoms with Crippen LogP contribution >= 0.6 is 0 Å². The number of anilines is 1. The highest BCUT2D eigenvalue weighted by molar-refractivity contribution is 5.44. The summed E-state index contributed by atoms with van der Waals surface area (Å²) in [5.74, 6) is -0.969. The van der Waals surface area contributed by atoms with Crippen molar-refractivity contribution in [1.29, 1.82) is 0 Å². The van der Waals surface area contributed by atoms with E-state index < -0.39 is 11.6 Å². The first-order chi connectivity index (χ1) is 7.66. The average molecular weight is 224 g/mol. The van der Waals surface area contributed by atoms with E-state index >= 15 is 0 Å². The number of hydrogen-bond acceptors (Lipinski definition) is 3. The van der Waals surface area contributed by atoms with Crippen molar-refractivity contribution in [2.24, 2.45) is 7.05 Å². The minimum Gasteiger partial charge on any atom is -0.377 e. The van der Waals surface area contributed by atoms with Crippen LogP contribution in [0.2, 0.25) is 0 Å². The van der Waals surface area contributed by atoms with E-state index in [1.54, 1.807) is 17.9 Å². The monoisotopic (exact) mass is 224 g/mol. The normalized spacial score (nSPS) is 10.4. The van der Waals surface area contributed by atoms with Gasteiger partial charge in [-0.15, -0.1) is 5.10 Å². The Labute approximate surface area is 90.9 Å². The summed E-state index contributed by atoms with van der Waals surface area (Å²) in [5, 5.41) is 10.2. The highest BCUT2D eigenvalue weighted by Crippen LogP contribution is 2.15. The Hall–Kier alpha value is -1.98. The van der Waals surface area contributed by atoms with Gasteiger partial charge in [0, 0.05) is 7.05 Å². The third-order valence-corrected chi connectivity index (χ3v) is 2.20. The molecule has 2 rings (SSSR count). The number of aromatic nitrogens is 3. The first-order valence-corrected chi connectivity index (χ1v) is 4.69. The number of halogens is 2. The van der Waals surface area contributed by atoms with Crippen LogP contribution in [-0.4, -0.2) is 15.0 Å². The van der Waals surface area contributed by atoms with Gasteiger partial charge in [0.05, 0.1) is 24.1 Å². The average Bonchev–Trinajstić information content (AvgIpc) is 2.66. The summed E-state index contributed by atoms with van der Waals surface area (Å²) < 4.78 is 27.6. The first kappa shape index (κ1) is 10.5. The van der Waals surface area contributed by atoms with Crippen LogP contribution in [0, 0.1) is 11.6 Å². The smallest absolute Gasteiger partial charge is 0.146 e. The lowest BCUT2D eigenvalue weighted by Crippen LogP contribution is -2.06. The number of nitrogens with zero attached hydrogens (tertiary/aromatic N) is 3. The van der Waals surface area contributed by atoms with Crippen molar-refractivity contribution in [3.8, 4) is 0 Å². The van der Waals surface area contributed by atoms with E-state index in [0.29, 0.717) is 6.54 Å². The summed E-state index contributed by atoms with van der Waals surface area (Å²) in [7, 11) is 1.73. The van der Waals surface area contributed by atoms with Gasteiger partial charge in [-0.25, -0.2) is 8.78 Å². The second-order valence-electron chi connectivity index (χ2n) is 3.33. The van der Waals surface area contributed by atoms with Crippen LogP contribution in [0.5, 0.6) is 0 Å². The molecule has 1 heterocycles. The van der Waals surface area contributed by atoms with E-state index in [1.807, 2.05) is 0 Å². The molecule has 16 heavy (non-hydrogen) atoms. The van der Waals surface area contributed by atoms with E-state index in [1.165, 1.54) is 0 Å². The fourth-order valence-electron chi connectivity index (χ4n) is 1.29. The van der Waals surface area contributed by atoms with Crippen LogP contribution in [-0.2, 0) is 13.6 Å². The fourth-order valence-corrected chi connectivity index (χ4v) is 1.29. The quantitative estimate of drug-likeness (QED) is 0.863. The van der Waals surface area contributed by atoms with Crippen LogP contribution in [0.3, 0.4) is 0 Å². The molecular formula is C10H10F2N4. The zero-order valence-corrected chi connectivity index (χ0v) is 8.61. The van der Waals surface area contributed by atoms with Gasteiger partial charge in [-0.3, -0.25) is 4.68 Å². The Bertz CT molecular complexity index is 495. The Morgan fingerprint density at radius 3 is 2.88 bits per heavy atom. The van der Waals surface area contributed by atoms with Gasteiger partial charge in [-0.05, 0) is 18.2 Å². The maximum atomic E-state index is 13.2. The standard InChI is InChI=1S/C10H10F2N4/c1-16-8(6-14-15-16)5-13-10-4-7(11)2-3-9(10)12/h2-4,6,13H,5H2,1H3. The Kier molecular flexibility index (Phi) is 2.80. The SMILES string of the molecule is Cn1nncc1CNc1cc(F)ccc1F. The molecule has 0 amide bonds. The number of benzene rings is 1. The molecule has 0 aliphatic rings. The van der Waals surface area contributed by atoms with E-state index in [2.05, 4.69) is 15.6 Å². The van der Waals surface area contributed by atoms with Gasteiger partial charge in [-0.2, -0.15) is 0 Å². The molecule has 0 atom stereocenters. The van der Waals surface area contributed by atoms with Gasteiger partial charge in [0.2, 0.25) is 0 Å². The molecule has 0 aliphatic heterocycles. The minimum absolute atomic E-state index is 0.126. The minimum atomic E-state index is -0.489. The number of rotatable bonds is 3. The number of aryl methyl sites for hydroxylation is 1. The van der Waals surface area contributed by atoms with Gasteiger partial charge in [0.15, 0.2) is 0 Å². The zero-order valence-electron chi connectivity index (χ0n) is 8.61. The molecule has 1 aromatic carbocycles. The van der Waals surface area contributed by atoms with E-state index in [9.17, 15) is 8.78 Å². The summed E-state index contributed by atoms with van der Waals surface area (Å²) in [4.78, 5) is 0. The highest BCUT2D eigenvalue weighted by atomic mass is 19.1.